The smallest absolute Gasteiger partial charge is 0.178 e. The van der Waals surface area contributed by atoms with E-state index in [1.807, 2.05) is 13.1 Å². The predicted octanol–water partition coefficient (Wildman–Crippen LogP) is 1.09. The zero-order valence-corrected chi connectivity index (χ0v) is 9.98. The van der Waals surface area contributed by atoms with Crippen LogP contribution in [0.15, 0.2) is 12.4 Å². The van der Waals surface area contributed by atoms with Crippen molar-refractivity contribution in [1.29, 1.82) is 0 Å². The summed E-state index contributed by atoms with van der Waals surface area (Å²) in [6, 6.07) is 0. The van der Waals surface area contributed by atoms with Crippen LogP contribution >= 0.6 is 0 Å². The van der Waals surface area contributed by atoms with Crippen LogP contribution in [0.5, 0.6) is 0 Å². The minimum atomic E-state index is 0.548. The predicted molar refractivity (Wildman–Crippen MR) is 67.0 cm³/mol. The fourth-order valence-electron chi connectivity index (χ4n) is 2.42. The minimum Gasteiger partial charge on any atom is -0.394 e. The molecule has 3 heterocycles. The fourth-order valence-corrected chi connectivity index (χ4v) is 2.42. The molecule has 5 nitrogen and oxygen atoms in total. The number of nitrogen functional groups attached to an aromatic ring is 1. The Morgan fingerprint density at radius 2 is 2.41 bits per heavy atom. The first-order valence-electron chi connectivity index (χ1n) is 6.07. The Balaban J connectivity index is 2.01. The van der Waals surface area contributed by atoms with Gasteiger partial charge in [0.15, 0.2) is 5.65 Å². The maximum Gasteiger partial charge on any atom is 0.178 e. The monoisotopic (exact) mass is 231 g/mol. The summed E-state index contributed by atoms with van der Waals surface area (Å²) in [5, 5.41) is 7.79. The Hall–Kier alpha value is -1.62. The van der Waals surface area contributed by atoms with E-state index in [9.17, 15) is 0 Å². The average Bonchev–Trinajstić information content (AvgIpc) is 2.66. The van der Waals surface area contributed by atoms with Crippen LogP contribution < -0.4 is 11.1 Å². The molecule has 0 saturated carbocycles. The lowest BCUT2D eigenvalue weighted by atomic mass is 9.94. The zero-order valence-electron chi connectivity index (χ0n) is 9.98. The largest absolute Gasteiger partial charge is 0.394 e. The Bertz CT molecular complexity index is 539. The van der Waals surface area contributed by atoms with Crippen molar-refractivity contribution >= 4 is 11.3 Å². The third kappa shape index (κ3) is 1.76. The Kier molecular flexibility index (Phi) is 2.48. The highest BCUT2D eigenvalue weighted by atomic mass is 15.3. The number of nitrogens with one attached hydrogen (secondary N) is 1. The summed E-state index contributed by atoms with van der Waals surface area (Å²) < 4.78 is 1.80. The van der Waals surface area contributed by atoms with Crippen LogP contribution in [-0.4, -0.2) is 27.7 Å². The Morgan fingerprint density at radius 1 is 1.53 bits per heavy atom. The lowest BCUT2D eigenvalue weighted by Gasteiger charge is -2.22. The van der Waals surface area contributed by atoms with Crippen LogP contribution in [0.4, 0.5) is 5.69 Å². The van der Waals surface area contributed by atoms with Crippen molar-refractivity contribution in [3.63, 3.8) is 0 Å². The van der Waals surface area contributed by atoms with Gasteiger partial charge in [-0.05, 0) is 37.8 Å². The van der Waals surface area contributed by atoms with E-state index in [1.165, 1.54) is 18.4 Å². The second-order valence-corrected chi connectivity index (χ2v) is 4.70. The van der Waals surface area contributed by atoms with Gasteiger partial charge >= 0.3 is 0 Å². The molecule has 0 aliphatic carbocycles. The van der Waals surface area contributed by atoms with Crippen molar-refractivity contribution in [2.45, 2.75) is 25.7 Å². The van der Waals surface area contributed by atoms with E-state index >= 15 is 0 Å². The van der Waals surface area contributed by atoms with Gasteiger partial charge in [-0.3, -0.25) is 0 Å². The molecule has 3 rings (SSSR count). The highest BCUT2D eigenvalue weighted by Crippen LogP contribution is 2.24. The van der Waals surface area contributed by atoms with Crippen LogP contribution in [-0.2, 0) is 0 Å². The summed E-state index contributed by atoms with van der Waals surface area (Å²) in [4.78, 5) is 4.42. The molecule has 1 aliphatic heterocycles. The summed E-state index contributed by atoms with van der Waals surface area (Å²) in [6.07, 6.45) is 6.44. The van der Waals surface area contributed by atoms with Gasteiger partial charge in [0.1, 0.15) is 5.69 Å². The van der Waals surface area contributed by atoms with Gasteiger partial charge in [0.2, 0.25) is 0 Å². The first kappa shape index (κ1) is 10.5. The van der Waals surface area contributed by atoms with Gasteiger partial charge in [0, 0.05) is 18.9 Å². The SMILES string of the molecule is Cc1nn2cc(C3CCCNC3)cnc2c1N. The fraction of sp³-hybridized carbons (Fsp3) is 0.500. The molecule has 1 unspecified atom stereocenters. The number of rotatable bonds is 1. The molecule has 1 saturated heterocycles. The summed E-state index contributed by atoms with van der Waals surface area (Å²) in [7, 11) is 0. The van der Waals surface area contributed by atoms with Crippen LogP contribution in [0.25, 0.3) is 5.65 Å². The van der Waals surface area contributed by atoms with Crippen molar-refractivity contribution in [1.82, 2.24) is 19.9 Å². The van der Waals surface area contributed by atoms with Gasteiger partial charge in [-0.25, -0.2) is 9.50 Å². The minimum absolute atomic E-state index is 0.548. The van der Waals surface area contributed by atoms with Gasteiger partial charge in [-0.2, -0.15) is 5.10 Å². The average molecular weight is 231 g/mol. The number of hydrogen-bond acceptors (Lipinski definition) is 4. The molecule has 2 aromatic heterocycles. The number of anilines is 1. The maximum atomic E-state index is 5.91. The molecule has 0 bridgehead atoms. The van der Waals surface area contributed by atoms with Crippen molar-refractivity contribution in [3.8, 4) is 0 Å². The van der Waals surface area contributed by atoms with E-state index in [2.05, 4.69) is 21.6 Å². The van der Waals surface area contributed by atoms with Crippen LogP contribution in [0.1, 0.15) is 30.0 Å². The summed E-state index contributed by atoms with van der Waals surface area (Å²) >= 11 is 0. The van der Waals surface area contributed by atoms with E-state index in [0.29, 0.717) is 11.6 Å². The third-order valence-corrected chi connectivity index (χ3v) is 3.48. The number of nitrogens with two attached hydrogens (primary N) is 1. The first-order valence-corrected chi connectivity index (χ1v) is 6.07. The molecule has 0 amide bonds. The highest BCUT2D eigenvalue weighted by molar-refractivity contribution is 5.66. The van der Waals surface area contributed by atoms with E-state index < -0.39 is 0 Å². The molecule has 0 spiro atoms. The quantitative estimate of drug-likeness (QED) is 0.771. The molecule has 17 heavy (non-hydrogen) atoms. The van der Waals surface area contributed by atoms with Crippen molar-refractivity contribution < 1.29 is 0 Å². The second kappa shape index (κ2) is 4.00. The molecule has 1 atom stereocenters. The lowest BCUT2D eigenvalue weighted by Crippen LogP contribution is -2.28. The molecule has 0 aromatic carbocycles. The molecule has 90 valence electrons. The van der Waals surface area contributed by atoms with Crippen LogP contribution in [0.2, 0.25) is 0 Å². The van der Waals surface area contributed by atoms with Gasteiger partial charge < -0.3 is 11.1 Å². The van der Waals surface area contributed by atoms with Gasteiger partial charge in [-0.1, -0.05) is 0 Å². The summed E-state index contributed by atoms with van der Waals surface area (Å²) in [5.41, 5.74) is 9.43. The lowest BCUT2D eigenvalue weighted by molar-refractivity contribution is 0.459. The Labute approximate surface area is 100 Å². The van der Waals surface area contributed by atoms with Gasteiger partial charge in [0.25, 0.3) is 0 Å². The second-order valence-electron chi connectivity index (χ2n) is 4.70. The standard InChI is InChI=1S/C12H17N5/c1-8-11(13)12-15-6-10(7-17(12)16-8)9-3-2-4-14-5-9/h6-7,9,14H,2-5,13H2,1H3. The third-order valence-electron chi connectivity index (χ3n) is 3.48. The topological polar surface area (TPSA) is 68.2 Å². The van der Waals surface area contributed by atoms with Crippen molar-refractivity contribution in [2.24, 2.45) is 0 Å². The molecule has 2 aromatic rings. The van der Waals surface area contributed by atoms with E-state index in [4.69, 9.17) is 5.73 Å². The molecule has 1 fully saturated rings. The van der Waals surface area contributed by atoms with Crippen molar-refractivity contribution in [2.75, 3.05) is 18.8 Å². The molecule has 0 radical (unpaired) electrons. The number of piperidine rings is 1. The number of aryl methyl sites for hydroxylation is 1. The van der Waals surface area contributed by atoms with Gasteiger partial charge in [0.05, 0.1) is 5.69 Å². The number of aromatic nitrogens is 3. The van der Waals surface area contributed by atoms with E-state index in [0.717, 1.165) is 24.4 Å². The molecular weight excluding hydrogens is 214 g/mol. The van der Waals surface area contributed by atoms with Crippen LogP contribution in [0.3, 0.4) is 0 Å². The van der Waals surface area contributed by atoms with E-state index in [-0.39, 0.29) is 0 Å². The summed E-state index contributed by atoms with van der Waals surface area (Å²) in [5.74, 6) is 0.548. The summed E-state index contributed by atoms with van der Waals surface area (Å²) in [6.45, 7) is 4.06. The Morgan fingerprint density at radius 3 is 3.18 bits per heavy atom. The maximum absolute atomic E-state index is 5.91. The molecule has 5 heteroatoms. The number of hydrogen-bond donors (Lipinski definition) is 2. The number of fused-ring (bicyclic) bond motifs is 1. The van der Waals surface area contributed by atoms with Crippen molar-refractivity contribution in [3.05, 3.63) is 23.7 Å². The van der Waals surface area contributed by atoms with Crippen LogP contribution in [0, 0.1) is 6.92 Å². The van der Waals surface area contributed by atoms with E-state index in [1.54, 1.807) is 4.52 Å². The molecule has 1 aliphatic rings. The first-order chi connectivity index (χ1) is 8.25. The molecule has 3 N–H and O–H groups in total. The zero-order chi connectivity index (χ0) is 11.8. The highest BCUT2D eigenvalue weighted by Gasteiger charge is 2.17. The number of nitrogens with zero attached hydrogens (tertiary/aromatic N) is 3. The molecular formula is C12H17N5. The normalized spacial score (nSPS) is 20.9. The van der Waals surface area contributed by atoms with Gasteiger partial charge in [-0.15, -0.1) is 0 Å².